The molecule has 0 radical (unpaired) electrons. The fourth-order valence-corrected chi connectivity index (χ4v) is 2.14. The average Bonchev–Trinajstić information content (AvgIpc) is 2.91. The number of hydrogen-bond acceptors (Lipinski definition) is 5. The van der Waals surface area contributed by atoms with Crippen molar-refractivity contribution in [3.05, 3.63) is 55.4 Å². The molecule has 0 amide bonds. The molecule has 0 bridgehead atoms. The zero-order valence-corrected chi connectivity index (χ0v) is 14.1. The molecule has 0 saturated heterocycles. The van der Waals surface area contributed by atoms with E-state index in [9.17, 15) is 13.2 Å². The second-order valence-electron chi connectivity index (χ2n) is 4.27. The van der Waals surface area contributed by atoms with Crippen LogP contribution >= 0.6 is 22.6 Å². The van der Waals surface area contributed by atoms with Crippen molar-refractivity contribution in [1.29, 1.82) is 26.3 Å². The summed E-state index contributed by atoms with van der Waals surface area (Å²) in [5, 5.41) is 43.7. The lowest BCUT2D eigenvalue weighted by molar-refractivity contribution is 0.534. The highest BCUT2D eigenvalue weighted by Gasteiger charge is 2.34. The molecular formula is C16H3F3IN5. The molecule has 0 aromatic heterocycles. The van der Waals surface area contributed by atoms with E-state index in [-0.39, 0.29) is 25.9 Å². The summed E-state index contributed by atoms with van der Waals surface area (Å²) in [6.07, 6.45) is 0. The number of halogens is 4. The van der Waals surface area contributed by atoms with Crippen LogP contribution in [0.5, 0.6) is 0 Å². The molecule has 1 aromatic carbocycles. The second-order valence-corrected chi connectivity index (χ2v) is 5.35. The van der Waals surface area contributed by atoms with E-state index in [1.807, 2.05) is 0 Å². The van der Waals surface area contributed by atoms with Gasteiger partial charge in [0.2, 0.25) is 0 Å². The number of benzene rings is 1. The van der Waals surface area contributed by atoms with Crippen molar-refractivity contribution in [2.75, 3.05) is 0 Å². The van der Waals surface area contributed by atoms with Gasteiger partial charge in [0.25, 0.3) is 0 Å². The van der Waals surface area contributed by atoms with E-state index >= 15 is 0 Å². The van der Waals surface area contributed by atoms with Crippen LogP contribution in [0, 0.1) is 83.6 Å². The molecular weight excluding hydrogens is 446 g/mol. The summed E-state index contributed by atoms with van der Waals surface area (Å²) in [5.74, 6) is -3.70. The minimum absolute atomic E-state index is 0.117. The largest absolute Gasteiger partial charge is 0.207 e. The Morgan fingerprint density at radius 2 is 1.16 bits per heavy atom. The molecule has 0 heterocycles. The van der Waals surface area contributed by atoms with E-state index < -0.39 is 23.4 Å². The number of allylic oxidation sites excluding steroid dienone is 4. The Labute approximate surface area is 153 Å². The lowest BCUT2D eigenvalue weighted by Crippen LogP contribution is -1.98. The summed E-state index contributed by atoms with van der Waals surface area (Å²) < 4.78 is 36.6. The fraction of sp³-hybridized carbons (Fsp3) is 0.0625. The van der Waals surface area contributed by atoms with Crippen molar-refractivity contribution in [3.63, 3.8) is 0 Å². The van der Waals surface area contributed by atoms with Gasteiger partial charge in [0.05, 0.1) is 44.1 Å². The monoisotopic (exact) mass is 449 g/mol. The molecule has 120 valence electrons. The molecule has 5 nitrogen and oxygen atoms in total. The van der Waals surface area contributed by atoms with E-state index in [2.05, 4.69) is 0 Å². The van der Waals surface area contributed by atoms with Crippen molar-refractivity contribution < 1.29 is 13.2 Å². The van der Waals surface area contributed by atoms with Crippen molar-refractivity contribution in [1.82, 2.24) is 0 Å². The predicted molar refractivity (Wildman–Crippen MR) is 84.6 cm³/mol. The summed E-state index contributed by atoms with van der Waals surface area (Å²) in [4.78, 5) is 0. The smallest absolute Gasteiger partial charge is 0.142 e. The fourth-order valence-electron chi connectivity index (χ4n) is 1.83. The summed E-state index contributed by atoms with van der Waals surface area (Å²) >= 11 is 1.47. The molecule has 1 aromatic rings. The normalized spacial score (nSPS) is 12.9. The van der Waals surface area contributed by atoms with Gasteiger partial charge >= 0.3 is 0 Å². The number of rotatable bonds is 0. The van der Waals surface area contributed by atoms with Gasteiger partial charge in [0.15, 0.2) is 0 Å². The van der Waals surface area contributed by atoms with E-state index in [0.717, 1.165) is 0 Å². The van der Waals surface area contributed by atoms with E-state index in [0.29, 0.717) is 12.1 Å². The molecule has 1 aliphatic rings. The minimum atomic E-state index is -1.08. The van der Waals surface area contributed by atoms with Gasteiger partial charge < -0.3 is 0 Å². The third-order valence-corrected chi connectivity index (χ3v) is 3.94. The van der Waals surface area contributed by atoms with Crippen LogP contribution in [-0.4, -0.2) is 0 Å². The number of nitrogens with zero attached hydrogens (tertiary/aromatic N) is 5. The quantitative estimate of drug-likeness (QED) is 0.341. The molecule has 0 spiro atoms. The number of nitriles is 5. The van der Waals surface area contributed by atoms with Gasteiger partial charge in [-0.25, -0.2) is 13.2 Å². The zero-order valence-electron chi connectivity index (χ0n) is 12.0. The molecule has 0 aliphatic heterocycles. The number of hydrogen-bond donors (Lipinski definition) is 0. The maximum Gasteiger partial charge on any atom is 0.142 e. The first-order valence-electron chi connectivity index (χ1n) is 6.14. The van der Waals surface area contributed by atoms with Crippen molar-refractivity contribution in [2.45, 2.75) is 0 Å². The lowest BCUT2D eigenvalue weighted by atomic mass is 9.98. The van der Waals surface area contributed by atoms with Gasteiger partial charge in [0.1, 0.15) is 35.5 Å². The Balaban J connectivity index is 0.000000271. The Hall–Kier alpha value is -3.33. The van der Waals surface area contributed by atoms with E-state index in [1.165, 1.54) is 22.6 Å². The van der Waals surface area contributed by atoms with Crippen molar-refractivity contribution in [3.8, 4) is 30.3 Å². The van der Waals surface area contributed by atoms with Crippen LogP contribution in [0.15, 0.2) is 34.4 Å². The van der Waals surface area contributed by atoms with Gasteiger partial charge in [0, 0.05) is 12.1 Å². The van der Waals surface area contributed by atoms with Crippen LogP contribution in [0.3, 0.4) is 0 Å². The predicted octanol–water partition coefficient (Wildman–Crippen LogP) is 3.54. The average molecular weight is 449 g/mol. The molecule has 0 fully saturated rings. The first kappa shape index (κ1) is 19.7. The third-order valence-electron chi connectivity index (χ3n) is 2.91. The maximum absolute atomic E-state index is 12.4. The standard InChI is InChI=1S/C10HN5.C6H2F3I/c11-1-6-7(2-12)9(4-14)10(5-15)8(6)3-13;7-3-1-4(8)6(10)5(9)2-3/h6H;1-2H. The highest BCUT2D eigenvalue weighted by Crippen LogP contribution is 2.35. The summed E-state index contributed by atoms with van der Waals surface area (Å²) in [7, 11) is 0. The zero-order chi connectivity index (χ0) is 19.1. The molecule has 9 heteroatoms. The highest BCUT2D eigenvalue weighted by molar-refractivity contribution is 14.1. The van der Waals surface area contributed by atoms with Crippen LogP contribution in [0.1, 0.15) is 0 Å². The third kappa shape index (κ3) is 3.96. The Bertz CT molecular complexity index is 936. The second kappa shape index (κ2) is 8.50. The van der Waals surface area contributed by atoms with Crippen LogP contribution in [0.2, 0.25) is 0 Å². The van der Waals surface area contributed by atoms with Crippen molar-refractivity contribution in [2.24, 2.45) is 5.92 Å². The molecule has 0 atom stereocenters. The van der Waals surface area contributed by atoms with Crippen LogP contribution in [0.4, 0.5) is 13.2 Å². The molecule has 2 rings (SSSR count). The molecule has 0 unspecified atom stereocenters. The van der Waals surface area contributed by atoms with E-state index in [1.54, 1.807) is 30.3 Å². The molecule has 25 heavy (non-hydrogen) atoms. The van der Waals surface area contributed by atoms with Gasteiger partial charge in [-0.2, -0.15) is 26.3 Å². The van der Waals surface area contributed by atoms with Gasteiger partial charge in [-0.15, -0.1) is 0 Å². The Kier molecular flexibility index (Phi) is 6.71. The topological polar surface area (TPSA) is 119 Å². The van der Waals surface area contributed by atoms with Crippen molar-refractivity contribution >= 4 is 22.6 Å². The summed E-state index contributed by atoms with van der Waals surface area (Å²) in [5.41, 5.74) is -0.563. The van der Waals surface area contributed by atoms with Gasteiger partial charge in [-0.3, -0.25) is 0 Å². The maximum atomic E-state index is 12.4. The summed E-state index contributed by atoms with van der Waals surface area (Å²) in [6.45, 7) is 0. The van der Waals surface area contributed by atoms with E-state index in [4.69, 9.17) is 26.3 Å². The van der Waals surface area contributed by atoms with Gasteiger partial charge in [-0.1, -0.05) is 0 Å². The molecule has 0 saturated carbocycles. The first-order chi connectivity index (χ1) is 11.9. The van der Waals surface area contributed by atoms with Gasteiger partial charge in [-0.05, 0) is 22.6 Å². The minimum Gasteiger partial charge on any atom is -0.207 e. The molecule has 0 N–H and O–H groups in total. The first-order valence-corrected chi connectivity index (χ1v) is 7.22. The Morgan fingerprint density at radius 3 is 1.44 bits per heavy atom. The van der Waals surface area contributed by atoms with Crippen LogP contribution in [0.25, 0.3) is 0 Å². The Morgan fingerprint density at radius 1 is 0.760 bits per heavy atom. The molecule has 1 aliphatic carbocycles. The van der Waals surface area contributed by atoms with Crippen LogP contribution < -0.4 is 0 Å². The summed E-state index contributed by atoms with van der Waals surface area (Å²) in [6, 6.07) is 9.73. The SMILES string of the molecule is Fc1cc(F)c(I)c(F)c1.N#CC1=C(C#N)C(C#N)C(C#N)=C1C#N. The lowest BCUT2D eigenvalue weighted by Gasteiger charge is -1.96. The highest BCUT2D eigenvalue weighted by atomic mass is 127. The van der Waals surface area contributed by atoms with Crippen LogP contribution in [-0.2, 0) is 0 Å².